The molecule has 0 radical (unpaired) electrons. The lowest BCUT2D eigenvalue weighted by Crippen LogP contribution is -2.20. The van der Waals surface area contributed by atoms with Crippen molar-refractivity contribution in [2.45, 2.75) is 0 Å². The number of phenols is 2. The molecule has 0 atom stereocenters. The Morgan fingerprint density at radius 2 is 0.868 bits per heavy atom. The van der Waals surface area contributed by atoms with Gasteiger partial charge in [-0.15, -0.1) is 10.2 Å². The molecule has 0 bridgehead atoms. The summed E-state index contributed by atoms with van der Waals surface area (Å²) in [5.74, 6) is 0.264. The van der Waals surface area contributed by atoms with Crippen LogP contribution < -0.4 is 11.0 Å². The van der Waals surface area contributed by atoms with E-state index in [9.17, 15) is 10.2 Å². The Kier molecular flexibility index (Phi) is 5.95. The quantitative estimate of drug-likeness (QED) is 0.200. The lowest BCUT2D eigenvalue weighted by Gasteiger charge is -2.04. The summed E-state index contributed by atoms with van der Waals surface area (Å²) in [5, 5.41) is 49.3. The second-order valence-corrected chi connectivity index (χ2v) is 8.62. The Morgan fingerprint density at radius 1 is 0.474 bits per heavy atom. The number of H-pyrrole nitrogens is 2. The molecule has 8 nitrogen and oxygen atoms in total. The van der Waals surface area contributed by atoms with Crippen molar-refractivity contribution in [3.8, 4) is 11.5 Å². The smallest absolute Gasteiger partial charge is 0.175 e. The molecule has 0 amide bonds. The van der Waals surface area contributed by atoms with Crippen molar-refractivity contribution >= 4 is 44.7 Å². The second-order valence-electron chi connectivity index (χ2n) is 8.62. The minimum absolute atomic E-state index is 0.132. The van der Waals surface area contributed by atoms with E-state index in [1.165, 1.54) is 0 Å². The summed E-state index contributed by atoms with van der Waals surface area (Å²) in [4.78, 5) is 0. The molecular formula is C30H22N6O2. The third-order valence-corrected chi connectivity index (χ3v) is 6.32. The molecule has 1 aromatic heterocycles. The standard InChI is InChI=1S/C30H22N6O2/c37-27-15-13-19-7-1-3-9-21(19)25(27)17-31-33-29-23-11-5-6-12-24(23)30(36-35-29)34-32-18-26-22-10-4-2-8-20(22)14-16-28(26)38/h1-18,37-38H,(H,33,35)(H,34,36)/b31-17+,32-18+. The van der Waals surface area contributed by atoms with Gasteiger partial charge in [0.25, 0.3) is 0 Å². The molecule has 0 unspecified atom stereocenters. The second kappa shape index (κ2) is 9.87. The van der Waals surface area contributed by atoms with Crippen LogP contribution in [-0.4, -0.2) is 32.8 Å². The van der Waals surface area contributed by atoms with Gasteiger partial charge in [0.15, 0.2) is 11.0 Å². The number of aromatic hydroxyl groups is 2. The summed E-state index contributed by atoms with van der Waals surface area (Å²) >= 11 is 0. The van der Waals surface area contributed by atoms with Gasteiger partial charge in [-0.05, 0) is 33.7 Å². The SMILES string of the molecule is Oc1ccc2ccccc2c1/C=N/N=c1\[nH][nH]/c(=N/N=C/c2c(O)ccc3ccccc23)c2ccccc12. The van der Waals surface area contributed by atoms with Gasteiger partial charge in [0.2, 0.25) is 0 Å². The van der Waals surface area contributed by atoms with E-state index in [1.54, 1.807) is 24.6 Å². The zero-order chi connectivity index (χ0) is 25.9. The Bertz CT molecular complexity index is 1870. The summed E-state index contributed by atoms with van der Waals surface area (Å²) in [5.41, 5.74) is 2.17. The van der Waals surface area contributed by atoms with E-state index in [0.717, 1.165) is 32.3 Å². The van der Waals surface area contributed by atoms with Gasteiger partial charge in [-0.25, -0.2) is 0 Å². The van der Waals surface area contributed by atoms with E-state index in [0.29, 0.717) is 22.1 Å². The summed E-state index contributed by atoms with van der Waals surface area (Å²) in [7, 11) is 0. The molecule has 5 aromatic carbocycles. The number of benzene rings is 5. The van der Waals surface area contributed by atoms with Gasteiger partial charge >= 0.3 is 0 Å². The largest absolute Gasteiger partial charge is 0.507 e. The fourth-order valence-electron chi connectivity index (χ4n) is 4.44. The minimum Gasteiger partial charge on any atom is -0.507 e. The van der Waals surface area contributed by atoms with Crippen LogP contribution in [0, 0.1) is 0 Å². The first-order valence-electron chi connectivity index (χ1n) is 11.9. The first kappa shape index (κ1) is 22.9. The number of aromatic nitrogens is 2. The van der Waals surface area contributed by atoms with E-state index in [2.05, 4.69) is 30.6 Å². The molecule has 1 heterocycles. The molecule has 184 valence electrons. The molecule has 0 aliphatic carbocycles. The molecule has 4 N–H and O–H groups in total. The molecule has 0 aliphatic heterocycles. The molecule has 6 aromatic rings. The maximum Gasteiger partial charge on any atom is 0.175 e. The van der Waals surface area contributed by atoms with Crippen molar-refractivity contribution in [3.05, 3.63) is 119 Å². The molecule has 0 saturated heterocycles. The zero-order valence-electron chi connectivity index (χ0n) is 20.1. The summed E-state index contributed by atoms with van der Waals surface area (Å²) in [6.45, 7) is 0. The lowest BCUT2D eigenvalue weighted by molar-refractivity contribution is 0.475. The Morgan fingerprint density at radius 3 is 1.32 bits per heavy atom. The molecule has 38 heavy (non-hydrogen) atoms. The normalized spacial score (nSPS) is 13.1. The third kappa shape index (κ3) is 4.31. The molecule has 6 rings (SSSR count). The van der Waals surface area contributed by atoms with Crippen molar-refractivity contribution < 1.29 is 10.2 Å². The highest BCUT2D eigenvalue weighted by molar-refractivity contribution is 6.03. The molecular weight excluding hydrogens is 476 g/mol. The monoisotopic (exact) mass is 498 g/mol. The predicted octanol–water partition coefficient (Wildman–Crippen LogP) is 5.08. The van der Waals surface area contributed by atoms with Crippen LogP contribution in [0.4, 0.5) is 0 Å². The van der Waals surface area contributed by atoms with Gasteiger partial charge in [-0.2, -0.15) is 10.2 Å². The van der Waals surface area contributed by atoms with Crippen LogP contribution in [0.1, 0.15) is 11.1 Å². The lowest BCUT2D eigenvalue weighted by atomic mass is 10.0. The van der Waals surface area contributed by atoms with E-state index >= 15 is 0 Å². The van der Waals surface area contributed by atoms with Gasteiger partial charge < -0.3 is 10.2 Å². The topological polar surface area (TPSA) is 121 Å². The maximum atomic E-state index is 10.4. The maximum absolute atomic E-state index is 10.4. The van der Waals surface area contributed by atoms with Crippen LogP contribution >= 0.6 is 0 Å². The number of nitrogens with zero attached hydrogens (tertiary/aromatic N) is 4. The van der Waals surface area contributed by atoms with Crippen molar-refractivity contribution in [1.82, 2.24) is 10.2 Å². The molecule has 0 saturated carbocycles. The van der Waals surface area contributed by atoms with E-state index in [4.69, 9.17) is 0 Å². The van der Waals surface area contributed by atoms with Gasteiger partial charge in [-0.3, -0.25) is 10.2 Å². The number of rotatable bonds is 4. The van der Waals surface area contributed by atoms with Crippen LogP contribution in [-0.2, 0) is 0 Å². The number of phenolic OH excluding ortho intramolecular Hbond substituents is 2. The highest BCUT2D eigenvalue weighted by Crippen LogP contribution is 2.26. The van der Waals surface area contributed by atoms with Crippen molar-refractivity contribution in [2.75, 3.05) is 0 Å². The number of hydrogen-bond donors (Lipinski definition) is 4. The molecule has 8 heteroatoms. The molecule has 0 aliphatic rings. The minimum atomic E-state index is 0.132. The third-order valence-electron chi connectivity index (χ3n) is 6.32. The van der Waals surface area contributed by atoms with E-state index in [-0.39, 0.29) is 11.5 Å². The molecule has 0 spiro atoms. The fraction of sp³-hybridized carbons (Fsp3) is 0. The summed E-state index contributed by atoms with van der Waals surface area (Å²) in [6, 6.07) is 30.2. The van der Waals surface area contributed by atoms with Crippen LogP contribution in [0.3, 0.4) is 0 Å². The van der Waals surface area contributed by atoms with Crippen LogP contribution in [0.15, 0.2) is 117 Å². The number of aromatic amines is 2. The van der Waals surface area contributed by atoms with Crippen LogP contribution in [0.25, 0.3) is 32.3 Å². The van der Waals surface area contributed by atoms with E-state index in [1.807, 2.05) is 84.9 Å². The highest BCUT2D eigenvalue weighted by atomic mass is 16.3. The Balaban J connectivity index is 1.39. The van der Waals surface area contributed by atoms with Gasteiger partial charge in [0.1, 0.15) is 11.5 Å². The number of hydrogen-bond acceptors (Lipinski definition) is 6. The average Bonchev–Trinajstić information content (AvgIpc) is 2.96. The number of nitrogens with one attached hydrogen (secondary N) is 2. The van der Waals surface area contributed by atoms with Gasteiger partial charge in [0, 0.05) is 21.9 Å². The summed E-state index contributed by atoms with van der Waals surface area (Å²) in [6.07, 6.45) is 3.08. The van der Waals surface area contributed by atoms with Crippen molar-refractivity contribution in [1.29, 1.82) is 0 Å². The van der Waals surface area contributed by atoms with Crippen molar-refractivity contribution in [3.63, 3.8) is 0 Å². The van der Waals surface area contributed by atoms with Crippen molar-refractivity contribution in [2.24, 2.45) is 20.4 Å². The predicted molar refractivity (Wildman–Crippen MR) is 150 cm³/mol. The first-order chi connectivity index (χ1) is 18.7. The highest BCUT2D eigenvalue weighted by Gasteiger charge is 2.05. The summed E-state index contributed by atoms with van der Waals surface area (Å²) < 4.78 is 0. The first-order valence-corrected chi connectivity index (χ1v) is 11.9. The van der Waals surface area contributed by atoms with E-state index < -0.39 is 0 Å². The fourth-order valence-corrected chi connectivity index (χ4v) is 4.44. The van der Waals surface area contributed by atoms with Gasteiger partial charge in [-0.1, -0.05) is 84.9 Å². The Labute approximate surface area is 216 Å². The molecule has 0 fully saturated rings. The average molecular weight is 499 g/mol. The zero-order valence-corrected chi connectivity index (χ0v) is 20.1. The van der Waals surface area contributed by atoms with Crippen LogP contribution in [0.5, 0.6) is 11.5 Å². The number of fused-ring (bicyclic) bond motifs is 3. The Hall–Kier alpha value is -5.50. The van der Waals surface area contributed by atoms with Gasteiger partial charge in [0.05, 0.1) is 12.4 Å². The van der Waals surface area contributed by atoms with Crippen LogP contribution in [0.2, 0.25) is 0 Å².